The van der Waals surface area contributed by atoms with E-state index in [0.29, 0.717) is 24.4 Å². The molecule has 160 valence electrons. The fraction of sp³-hybridized carbons (Fsp3) is 0.421. The topological polar surface area (TPSA) is 93.8 Å². The molecule has 0 spiro atoms. The van der Waals surface area contributed by atoms with E-state index in [9.17, 15) is 18.3 Å². The van der Waals surface area contributed by atoms with Gasteiger partial charge in [0.05, 0.1) is 43.4 Å². The van der Waals surface area contributed by atoms with Gasteiger partial charge in [-0.15, -0.1) is 5.10 Å². The van der Waals surface area contributed by atoms with Crippen LogP contribution in [-0.4, -0.2) is 63.6 Å². The molecule has 3 aromatic heterocycles. The van der Waals surface area contributed by atoms with Gasteiger partial charge in [-0.25, -0.2) is 27.7 Å². The van der Waals surface area contributed by atoms with Gasteiger partial charge >= 0.3 is 0 Å². The third-order valence-electron chi connectivity index (χ3n) is 4.88. The number of fused-ring (bicyclic) bond motifs is 1. The molecule has 0 radical (unpaired) electrons. The third kappa shape index (κ3) is 4.03. The number of aliphatic hydroxyl groups excluding tert-OH is 1. The lowest BCUT2D eigenvalue weighted by Gasteiger charge is -2.28. The molecule has 0 aromatic carbocycles. The highest BCUT2D eigenvalue weighted by Gasteiger charge is 2.25. The van der Waals surface area contributed by atoms with Crippen LogP contribution in [0.25, 0.3) is 16.9 Å². The Balaban J connectivity index is 1.70. The summed E-state index contributed by atoms with van der Waals surface area (Å²) in [7, 11) is 1.33. The Kier molecular flexibility index (Phi) is 5.73. The van der Waals surface area contributed by atoms with Gasteiger partial charge in [0.1, 0.15) is 5.52 Å². The van der Waals surface area contributed by atoms with Crippen LogP contribution < -0.4 is 10.1 Å². The van der Waals surface area contributed by atoms with Crippen LogP contribution in [0.4, 0.5) is 19.1 Å². The minimum absolute atomic E-state index is 0.0425. The summed E-state index contributed by atoms with van der Waals surface area (Å²) in [5.74, 6) is -0.312. The number of hydrogen-bond donors (Lipinski definition) is 2. The smallest absolute Gasteiger partial charge is 0.242 e. The Morgan fingerprint density at radius 2 is 2.23 bits per heavy atom. The van der Waals surface area contributed by atoms with E-state index in [1.807, 2.05) is 0 Å². The summed E-state index contributed by atoms with van der Waals surface area (Å²) in [6.07, 6.45) is -1.86. The summed E-state index contributed by atoms with van der Waals surface area (Å²) < 4.78 is 51.6. The van der Waals surface area contributed by atoms with Crippen molar-refractivity contribution in [1.82, 2.24) is 19.6 Å². The molecule has 0 aliphatic carbocycles. The number of methoxy groups -OCH3 is 1. The summed E-state index contributed by atoms with van der Waals surface area (Å²) in [6, 6.07) is 3.93. The summed E-state index contributed by atoms with van der Waals surface area (Å²) >= 11 is 0. The van der Waals surface area contributed by atoms with Crippen molar-refractivity contribution in [1.29, 1.82) is 0 Å². The fourth-order valence-electron chi connectivity index (χ4n) is 3.37. The maximum Gasteiger partial charge on any atom is 0.242 e. The lowest BCUT2D eigenvalue weighted by molar-refractivity contribution is -0.0136. The van der Waals surface area contributed by atoms with E-state index in [-0.39, 0.29) is 35.6 Å². The standard InChI is InChI=1S/C19H20F3N5O3/c1-29-18-10(6-17(21)22)2-3-12(24-18)14-7-11(20)15-8-23-19(26-27(14)15)25-13-4-5-30-9-16(13)28/h2-3,7-8,13,16-17,28H,4-6,9H2,1H3,(H,25,26)/t13-,16-/m1/s1. The monoisotopic (exact) mass is 423 g/mol. The van der Waals surface area contributed by atoms with Crippen LogP contribution in [0.3, 0.4) is 0 Å². The minimum atomic E-state index is -2.54. The van der Waals surface area contributed by atoms with Crippen molar-refractivity contribution in [2.24, 2.45) is 0 Å². The highest BCUT2D eigenvalue weighted by atomic mass is 19.3. The molecule has 0 saturated carbocycles. The van der Waals surface area contributed by atoms with Crippen LogP contribution in [0.5, 0.6) is 5.88 Å². The number of aliphatic hydroxyl groups is 1. The third-order valence-corrected chi connectivity index (χ3v) is 4.88. The molecule has 0 bridgehead atoms. The van der Waals surface area contributed by atoms with E-state index < -0.39 is 24.8 Å². The van der Waals surface area contributed by atoms with Crippen LogP contribution >= 0.6 is 0 Å². The molecule has 1 saturated heterocycles. The Hall–Kier alpha value is -2.92. The van der Waals surface area contributed by atoms with E-state index in [0.717, 1.165) is 0 Å². The van der Waals surface area contributed by atoms with Crippen molar-refractivity contribution in [2.75, 3.05) is 25.6 Å². The van der Waals surface area contributed by atoms with Gasteiger partial charge in [0.15, 0.2) is 5.82 Å². The Bertz CT molecular complexity index is 1050. The fourth-order valence-corrected chi connectivity index (χ4v) is 3.37. The second-order valence-corrected chi connectivity index (χ2v) is 6.90. The van der Waals surface area contributed by atoms with Gasteiger partial charge in [-0.2, -0.15) is 0 Å². The average molecular weight is 423 g/mol. The largest absolute Gasteiger partial charge is 0.481 e. The van der Waals surface area contributed by atoms with Crippen molar-refractivity contribution in [3.63, 3.8) is 0 Å². The van der Waals surface area contributed by atoms with Gasteiger partial charge in [-0.1, -0.05) is 6.07 Å². The van der Waals surface area contributed by atoms with Crippen molar-refractivity contribution in [3.8, 4) is 17.3 Å². The number of anilines is 1. The molecule has 3 aromatic rings. The van der Waals surface area contributed by atoms with Gasteiger partial charge in [0, 0.05) is 24.7 Å². The highest BCUT2D eigenvalue weighted by molar-refractivity contribution is 5.65. The molecule has 2 N–H and O–H groups in total. The van der Waals surface area contributed by atoms with Crippen LogP contribution in [0.1, 0.15) is 12.0 Å². The summed E-state index contributed by atoms with van der Waals surface area (Å²) in [5.41, 5.74) is 0.991. The quantitative estimate of drug-likeness (QED) is 0.628. The molecular formula is C19H20F3N5O3. The van der Waals surface area contributed by atoms with Crippen LogP contribution in [0.15, 0.2) is 24.4 Å². The molecule has 4 heterocycles. The summed E-state index contributed by atoms with van der Waals surface area (Å²) in [6.45, 7) is 0.701. The molecule has 1 fully saturated rings. The zero-order valence-electron chi connectivity index (χ0n) is 16.1. The van der Waals surface area contributed by atoms with E-state index in [1.54, 1.807) is 0 Å². The molecule has 0 amide bonds. The van der Waals surface area contributed by atoms with Gasteiger partial charge in [-0.3, -0.25) is 0 Å². The summed E-state index contributed by atoms with van der Waals surface area (Å²) in [5, 5.41) is 17.4. The lowest BCUT2D eigenvalue weighted by atomic mass is 10.1. The number of nitrogens with zero attached hydrogens (tertiary/aromatic N) is 4. The Morgan fingerprint density at radius 3 is 2.97 bits per heavy atom. The van der Waals surface area contributed by atoms with E-state index in [4.69, 9.17) is 9.47 Å². The van der Waals surface area contributed by atoms with Crippen molar-refractivity contribution in [3.05, 3.63) is 35.8 Å². The molecule has 4 rings (SSSR count). The van der Waals surface area contributed by atoms with Crippen molar-refractivity contribution < 1.29 is 27.8 Å². The SMILES string of the molecule is COc1nc(-c2cc(F)c3cnc(N[C@@H]4CCOC[C@H]4O)nn23)ccc1CC(F)F. The number of pyridine rings is 1. The predicted molar refractivity (Wildman–Crippen MR) is 101 cm³/mol. The molecule has 0 unspecified atom stereocenters. The maximum atomic E-state index is 14.4. The average Bonchev–Trinajstić information content (AvgIpc) is 3.05. The van der Waals surface area contributed by atoms with Gasteiger partial charge in [-0.05, 0) is 12.5 Å². The van der Waals surface area contributed by atoms with Crippen LogP contribution in [-0.2, 0) is 11.2 Å². The number of rotatable bonds is 6. The Labute approximate surface area is 169 Å². The van der Waals surface area contributed by atoms with Gasteiger partial charge in [0.25, 0.3) is 0 Å². The van der Waals surface area contributed by atoms with Gasteiger partial charge < -0.3 is 19.9 Å². The number of halogens is 3. The van der Waals surface area contributed by atoms with Gasteiger partial charge in [0.2, 0.25) is 18.3 Å². The van der Waals surface area contributed by atoms with Crippen LogP contribution in [0.2, 0.25) is 0 Å². The number of aromatic nitrogens is 4. The van der Waals surface area contributed by atoms with Crippen molar-refractivity contribution in [2.45, 2.75) is 31.4 Å². The van der Waals surface area contributed by atoms with E-state index in [1.165, 1.54) is 36.0 Å². The number of hydrogen-bond acceptors (Lipinski definition) is 7. The number of ether oxygens (including phenoxy) is 2. The molecule has 8 nitrogen and oxygen atoms in total. The normalized spacial score (nSPS) is 19.4. The first-order valence-corrected chi connectivity index (χ1v) is 9.35. The number of alkyl halides is 2. The summed E-state index contributed by atoms with van der Waals surface area (Å²) in [4.78, 5) is 8.38. The van der Waals surface area contributed by atoms with Crippen molar-refractivity contribution >= 4 is 11.5 Å². The highest BCUT2D eigenvalue weighted by Crippen LogP contribution is 2.28. The molecule has 30 heavy (non-hydrogen) atoms. The minimum Gasteiger partial charge on any atom is -0.481 e. The molecule has 2 atom stereocenters. The predicted octanol–water partition coefficient (Wildman–Crippen LogP) is 2.31. The first kappa shape index (κ1) is 20.4. The molecule has 1 aliphatic rings. The first-order valence-electron chi connectivity index (χ1n) is 9.35. The second-order valence-electron chi connectivity index (χ2n) is 6.90. The lowest BCUT2D eigenvalue weighted by Crippen LogP contribution is -2.42. The van der Waals surface area contributed by atoms with E-state index >= 15 is 0 Å². The van der Waals surface area contributed by atoms with Crippen LogP contribution in [0, 0.1) is 5.82 Å². The number of nitrogens with one attached hydrogen (secondary N) is 1. The second kappa shape index (κ2) is 8.44. The zero-order chi connectivity index (χ0) is 21.3. The molecular weight excluding hydrogens is 403 g/mol. The maximum absolute atomic E-state index is 14.4. The Morgan fingerprint density at radius 1 is 1.40 bits per heavy atom. The molecule has 1 aliphatic heterocycles. The molecule has 11 heteroatoms. The first-order chi connectivity index (χ1) is 14.5. The van der Waals surface area contributed by atoms with E-state index in [2.05, 4.69) is 20.4 Å². The zero-order valence-corrected chi connectivity index (χ0v) is 16.1.